The molecule has 3 rings (SSSR count). The Labute approximate surface area is 153 Å². The second-order valence-electron chi connectivity index (χ2n) is 6.38. The molecule has 0 aliphatic rings. The molecule has 0 amide bonds. The van der Waals surface area contributed by atoms with Crippen molar-refractivity contribution < 1.29 is 0 Å². The molecule has 0 atom stereocenters. The average molecular weight is 351 g/mol. The number of nitrogens with one attached hydrogen (secondary N) is 2. The van der Waals surface area contributed by atoms with Gasteiger partial charge >= 0.3 is 0 Å². The van der Waals surface area contributed by atoms with E-state index >= 15 is 0 Å². The Balaban J connectivity index is 1.53. The second kappa shape index (κ2) is 8.44. The number of nitrogens with zero attached hydrogens (tertiary/aromatic N) is 5. The third-order valence-corrected chi connectivity index (χ3v) is 4.00. The summed E-state index contributed by atoms with van der Waals surface area (Å²) in [4.78, 5) is 6.43. The van der Waals surface area contributed by atoms with E-state index in [9.17, 15) is 0 Å². The van der Waals surface area contributed by atoms with Crippen molar-refractivity contribution in [2.45, 2.75) is 19.6 Å². The molecule has 26 heavy (non-hydrogen) atoms. The summed E-state index contributed by atoms with van der Waals surface area (Å²) in [6.45, 7) is 2.21. The largest absolute Gasteiger partial charge is 0.352 e. The van der Waals surface area contributed by atoms with Gasteiger partial charge in [-0.2, -0.15) is 0 Å². The van der Waals surface area contributed by atoms with Gasteiger partial charge in [-0.15, -0.1) is 10.2 Å². The van der Waals surface area contributed by atoms with Crippen molar-refractivity contribution in [1.29, 1.82) is 0 Å². The van der Waals surface area contributed by atoms with Gasteiger partial charge in [-0.05, 0) is 37.4 Å². The standard InChI is InChI=1S/C19H25N7/c1-20-19(21-12-15-7-9-16(10-8-15)14-25(2)3)22-13-18-24-23-17-6-4-5-11-26(17)18/h4-11H,12-14H2,1-3H3,(H2,20,21,22). The highest BCUT2D eigenvalue weighted by Crippen LogP contribution is 2.06. The van der Waals surface area contributed by atoms with Crippen molar-refractivity contribution in [2.24, 2.45) is 4.99 Å². The molecule has 0 fully saturated rings. The molecule has 0 saturated heterocycles. The Bertz CT molecular complexity index is 865. The van der Waals surface area contributed by atoms with Crippen LogP contribution < -0.4 is 10.6 Å². The number of benzene rings is 1. The zero-order valence-electron chi connectivity index (χ0n) is 15.5. The summed E-state index contributed by atoms with van der Waals surface area (Å²) >= 11 is 0. The number of guanidine groups is 1. The topological polar surface area (TPSA) is 69.8 Å². The summed E-state index contributed by atoms with van der Waals surface area (Å²) in [5.74, 6) is 1.58. The molecule has 0 unspecified atom stereocenters. The molecule has 0 bridgehead atoms. The van der Waals surface area contributed by atoms with Crippen molar-refractivity contribution in [3.05, 3.63) is 65.6 Å². The van der Waals surface area contributed by atoms with Gasteiger partial charge in [0.15, 0.2) is 17.4 Å². The zero-order chi connectivity index (χ0) is 18.4. The third kappa shape index (κ3) is 4.58. The van der Waals surface area contributed by atoms with Gasteiger partial charge in [0.05, 0.1) is 6.54 Å². The summed E-state index contributed by atoms with van der Waals surface area (Å²) in [5, 5.41) is 15.0. The van der Waals surface area contributed by atoms with Crippen molar-refractivity contribution in [2.75, 3.05) is 21.1 Å². The summed E-state index contributed by atoms with van der Waals surface area (Å²) in [5.41, 5.74) is 3.35. The van der Waals surface area contributed by atoms with Crippen LogP contribution in [0.2, 0.25) is 0 Å². The van der Waals surface area contributed by atoms with E-state index in [1.54, 1.807) is 7.05 Å². The van der Waals surface area contributed by atoms with Crippen LogP contribution in [0.1, 0.15) is 17.0 Å². The van der Waals surface area contributed by atoms with Gasteiger partial charge in [-0.3, -0.25) is 9.39 Å². The third-order valence-electron chi connectivity index (χ3n) is 4.00. The summed E-state index contributed by atoms with van der Waals surface area (Å²) < 4.78 is 1.96. The Morgan fingerprint density at radius 3 is 2.46 bits per heavy atom. The fourth-order valence-corrected chi connectivity index (χ4v) is 2.71. The lowest BCUT2D eigenvalue weighted by atomic mass is 10.1. The first-order valence-electron chi connectivity index (χ1n) is 8.61. The van der Waals surface area contributed by atoms with Crippen LogP contribution in [0.15, 0.2) is 53.7 Å². The van der Waals surface area contributed by atoms with Crippen LogP contribution in [-0.4, -0.2) is 46.6 Å². The monoisotopic (exact) mass is 351 g/mol. The first-order valence-corrected chi connectivity index (χ1v) is 8.61. The van der Waals surface area contributed by atoms with Gasteiger partial charge in [0.1, 0.15) is 0 Å². The zero-order valence-corrected chi connectivity index (χ0v) is 15.5. The Morgan fingerprint density at radius 2 is 1.73 bits per heavy atom. The summed E-state index contributed by atoms with van der Waals surface area (Å²) in [6.07, 6.45) is 1.96. The van der Waals surface area contributed by atoms with Gasteiger partial charge in [-0.1, -0.05) is 30.3 Å². The molecule has 7 heteroatoms. The van der Waals surface area contributed by atoms with Crippen LogP contribution >= 0.6 is 0 Å². The van der Waals surface area contributed by atoms with E-state index in [0.29, 0.717) is 13.1 Å². The predicted molar refractivity (Wildman–Crippen MR) is 104 cm³/mol. The SMILES string of the molecule is CN=C(NCc1ccc(CN(C)C)cc1)NCc1nnc2ccccn12. The molecule has 136 valence electrons. The summed E-state index contributed by atoms with van der Waals surface area (Å²) in [6, 6.07) is 14.5. The van der Waals surface area contributed by atoms with Crippen LogP contribution in [0.5, 0.6) is 0 Å². The fourth-order valence-electron chi connectivity index (χ4n) is 2.71. The van der Waals surface area contributed by atoms with Crippen molar-refractivity contribution in [1.82, 2.24) is 30.1 Å². The van der Waals surface area contributed by atoms with E-state index < -0.39 is 0 Å². The van der Waals surface area contributed by atoms with Gasteiger partial charge < -0.3 is 15.5 Å². The number of rotatable bonds is 6. The minimum atomic E-state index is 0.548. The van der Waals surface area contributed by atoms with Crippen molar-refractivity contribution in [3.8, 4) is 0 Å². The Morgan fingerprint density at radius 1 is 1.00 bits per heavy atom. The molecule has 1 aromatic carbocycles. The van der Waals surface area contributed by atoms with E-state index in [2.05, 4.69) is 69.1 Å². The first kappa shape index (κ1) is 17.9. The lowest BCUT2D eigenvalue weighted by Crippen LogP contribution is -2.36. The van der Waals surface area contributed by atoms with E-state index in [-0.39, 0.29) is 0 Å². The van der Waals surface area contributed by atoms with Crippen molar-refractivity contribution >= 4 is 11.6 Å². The van der Waals surface area contributed by atoms with Crippen LogP contribution in [0, 0.1) is 0 Å². The van der Waals surface area contributed by atoms with Crippen LogP contribution in [-0.2, 0) is 19.6 Å². The highest BCUT2D eigenvalue weighted by molar-refractivity contribution is 5.79. The first-order chi connectivity index (χ1) is 12.7. The fraction of sp³-hybridized carbons (Fsp3) is 0.316. The molecule has 2 N–H and O–H groups in total. The van der Waals surface area contributed by atoms with E-state index in [4.69, 9.17) is 0 Å². The van der Waals surface area contributed by atoms with E-state index in [1.165, 1.54) is 11.1 Å². The van der Waals surface area contributed by atoms with E-state index in [0.717, 1.165) is 24.0 Å². The second-order valence-corrected chi connectivity index (χ2v) is 6.38. The molecule has 7 nitrogen and oxygen atoms in total. The van der Waals surface area contributed by atoms with Crippen molar-refractivity contribution in [3.63, 3.8) is 0 Å². The molecule has 0 aliphatic heterocycles. The molecular formula is C19H25N7. The molecule has 0 radical (unpaired) electrons. The molecule has 2 aromatic heterocycles. The lowest BCUT2D eigenvalue weighted by molar-refractivity contribution is 0.402. The maximum atomic E-state index is 4.27. The molecule has 0 aliphatic carbocycles. The Hall–Kier alpha value is -2.93. The van der Waals surface area contributed by atoms with Crippen LogP contribution in [0.3, 0.4) is 0 Å². The molecule has 0 saturated carbocycles. The maximum Gasteiger partial charge on any atom is 0.191 e. The minimum absolute atomic E-state index is 0.548. The quantitative estimate of drug-likeness (QED) is 0.522. The number of aliphatic imine (C=N–C) groups is 1. The maximum absolute atomic E-state index is 4.27. The minimum Gasteiger partial charge on any atom is -0.352 e. The Kier molecular flexibility index (Phi) is 5.80. The predicted octanol–water partition coefficient (Wildman–Crippen LogP) is 1.66. The number of aromatic nitrogens is 3. The van der Waals surface area contributed by atoms with Gasteiger partial charge in [-0.25, -0.2) is 0 Å². The number of hydrogen-bond donors (Lipinski definition) is 2. The van der Waals surface area contributed by atoms with E-state index in [1.807, 2.05) is 28.8 Å². The highest BCUT2D eigenvalue weighted by Gasteiger charge is 2.05. The van der Waals surface area contributed by atoms with Gasteiger partial charge in [0.25, 0.3) is 0 Å². The number of hydrogen-bond acceptors (Lipinski definition) is 4. The van der Waals surface area contributed by atoms with Gasteiger partial charge in [0, 0.05) is 26.3 Å². The number of fused-ring (bicyclic) bond motifs is 1. The molecule has 3 aromatic rings. The summed E-state index contributed by atoms with van der Waals surface area (Å²) in [7, 11) is 5.91. The van der Waals surface area contributed by atoms with Crippen LogP contribution in [0.25, 0.3) is 5.65 Å². The highest BCUT2D eigenvalue weighted by atomic mass is 15.3. The molecule has 2 heterocycles. The average Bonchev–Trinajstić information content (AvgIpc) is 3.06. The number of pyridine rings is 1. The lowest BCUT2D eigenvalue weighted by Gasteiger charge is -2.12. The molecule has 0 spiro atoms. The van der Waals surface area contributed by atoms with Gasteiger partial charge in [0.2, 0.25) is 0 Å². The molecular weight excluding hydrogens is 326 g/mol. The smallest absolute Gasteiger partial charge is 0.191 e. The van der Waals surface area contributed by atoms with Crippen LogP contribution in [0.4, 0.5) is 0 Å². The normalized spacial score (nSPS) is 11.9.